The van der Waals surface area contributed by atoms with Crippen LogP contribution in [-0.2, 0) is 8.85 Å². The molecule has 0 saturated heterocycles. The summed E-state index contributed by atoms with van der Waals surface area (Å²) in [7, 11) is -2.01. The Kier molecular flexibility index (Phi) is 8.33. The lowest BCUT2D eigenvalue weighted by molar-refractivity contribution is 0.164. The molecule has 0 spiro atoms. The Balaban J connectivity index is 4.69. The van der Waals surface area contributed by atoms with E-state index in [9.17, 15) is 0 Å². The van der Waals surface area contributed by atoms with Gasteiger partial charge in [-0.25, -0.2) is 0 Å². The largest absolute Gasteiger partial charge is 0.394 e. The van der Waals surface area contributed by atoms with E-state index in [1.54, 1.807) is 0 Å². The maximum Gasteiger partial charge on any atom is 0.343 e. The Morgan fingerprint density at radius 2 is 1.44 bits per heavy atom. The molecule has 0 aromatic carbocycles. The van der Waals surface area contributed by atoms with Gasteiger partial charge in [-0.1, -0.05) is 40.5 Å². The van der Waals surface area contributed by atoms with Gasteiger partial charge in [-0.2, -0.15) is 0 Å². The van der Waals surface area contributed by atoms with Crippen molar-refractivity contribution in [3.05, 3.63) is 0 Å². The third-order valence-corrected chi connectivity index (χ3v) is 7.97. The van der Waals surface area contributed by atoms with Crippen LogP contribution in [0.1, 0.15) is 60.8 Å². The molecular weight excluding hydrogens is 216 g/mol. The molecular formula is C13H30O2Si. The first kappa shape index (κ1) is 16.1. The van der Waals surface area contributed by atoms with Crippen LogP contribution in [0, 0.1) is 0 Å². The van der Waals surface area contributed by atoms with Crippen LogP contribution in [0.4, 0.5) is 0 Å². The smallest absolute Gasteiger partial charge is 0.343 e. The monoisotopic (exact) mass is 246 g/mol. The van der Waals surface area contributed by atoms with Crippen LogP contribution in [0.2, 0.25) is 11.1 Å². The van der Waals surface area contributed by atoms with Crippen molar-refractivity contribution in [2.24, 2.45) is 0 Å². The van der Waals surface area contributed by atoms with Gasteiger partial charge in [-0.15, -0.1) is 0 Å². The molecule has 0 aliphatic rings. The third-order valence-electron chi connectivity index (χ3n) is 3.22. The fraction of sp³-hybridized carbons (Fsp3) is 1.00. The van der Waals surface area contributed by atoms with Crippen LogP contribution in [-0.4, -0.2) is 21.8 Å². The van der Waals surface area contributed by atoms with Crippen molar-refractivity contribution in [1.29, 1.82) is 0 Å². The van der Waals surface area contributed by atoms with Gasteiger partial charge in [0.2, 0.25) is 0 Å². The molecule has 1 atom stereocenters. The predicted molar refractivity (Wildman–Crippen MR) is 73.1 cm³/mol. The van der Waals surface area contributed by atoms with E-state index in [1.807, 2.05) is 0 Å². The van der Waals surface area contributed by atoms with Crippen molar-refractivity contribution in [1.82, 2.24) is 0 Å². The van der Waals surface area contributed by atoms with Gasteiger partial charge in [0, 0.05) is 18.8 Å². The van der Waals surface area contributed by atoms with Crippen LogP contribution in [0.5, 0.6) is 0 Å². The molecule has 2 nitrogen and oxygen atoms in total. The molecule has 0 rings (SSSR count). The lowest BCUT2D eigenvalue weighted by atomic mass is 10.2. The fourth-order valence-electron chi connectivity index (χ4n) is 2.39. The highest BCUT2D eigenvalue weighted by Crippen LogP contribution is 2.37. The van der Waals surface area contributed by atoms with Crippen LogP contribution in [0.25, 0.3) is 0 Å². The van der Waals surface area contributed by atoms with E-state index >= 15 is 0 Å². The first-order valence-electron chi connectivity index (χ1n) is 6.82. The predicted octanol–water partition coefficient (Wildman–Crippen LogP) is 4.49. The maximum absolute atomic E-state index is 6.11. The Morgan fingerprint density at radius 1 is 0.938 bits per heavy atom. The first-order chi connectivity index (χ1) is 7.55. The van der Waals surface area contributed by atoms with Gasteiger partial charge in [0.1, 0.15) is 0 Å². The minimum Gasteiger partial charge on any atom is -0.394 e. The van der Waals surface area contributed by atoms with Crippen molar-refractivity contribution < 1.29 is 8.85 Å². The number of hydrogen-bond donors (Lipinski definition) is 0. The summed E-state index contributed by atoms with van der Waals surface area (Å²) in [4.78, 5) is 0. The van der Waals surface area contributed by atoms with Crippen LogP contribution < -0.4 is 0 Å². The summed E-state index contributed by atoms with van der Waals surface area (Å²) in [5, 5.41) is 0. The number of rotatable bonds is 9. The zero-order chi connectivity index (χ0) is 12.6. The molecule has 0 aromatic rings. The van der Waals surface area contributed by atoms with E-state index in [0.717, 1.165) is 13.2 Å². The van der Waals surface area contributed by atoms with Crippen molar-refractivity contribution in [2.75, 3.05) is 13.2 Å². The quantitative estimate of drug-likeness (QED) is 0.558. The zero-order valence-electron chi connectivity index (χ0n) is 12.0. The second-order valence-corrected chi connectivity index (χ2v) is 8.95. The highest BCUT2D eigenvalue weighted by Gasteiger charge is 2.45. The van der Waals surface area contributed by atoms with Gasteiger partial charge in [0.15, 0.2) is 0 Å². The molecule has 0 aliphatic heterocycles. The summed E-state index contributed by atoms with van der Waals surface area (Å²) in [6, 6.07) is 0. The fourth-order valence-corrected chi connectivity index (χ4v) is 6.36. The normalized spacial score (nSPS) is 14.4. The van der Waals surface area contributed by atoms with Gasteiger partial charge in [0.25, 0.3) is 0 Å². The molecule has 0 radical (unpaired) electrons. The maximum atomic E-state index is 6.11. The molecule has 0 bridgehead atoms. The van der Waals surface area contributed by atoms with E-state index in [0.29, 0.717) is 11.1 Å². The Bertz CT molecular complexity index is 165. The van der Waals surface area contributed by atoms with E-state index in [-0.39, 0.29) is 0 Å². The van der Waals surface area contributed by atoms with Crippen LogP contribution >= 0.6 is 0 Å². The zero-order valence-corrected chi connectivity index (χ0v) is 13.0. The molecule has 98 valence electrons. The summed E-state index contributed by atoms with van der Waals surface area (Å²) < 4.78 is 12.2. The highest BCUT2D eigenvalue weighted by molar-refractivity contribution is 6.70. The molecule has 0 N–H and O–H groups in total. The summed E-state index contributed by atoms with van der Waals surface area (Å²) in [6.07, 6.45) is 3.77. The van der Waals surface area contributed by atoms with Gasteiger partial charge in [0.05, 0.1) is 0 Å². The topological polar surface area (TPSA) is 18.5 Å². The van der Waals surface area contributed by atoms with Gasteiger partial charge < -0.3 is 8.85 Å². The SMILES string of the molecule is CCCCC(C)[Si](OCC)(OCC)C(C)C. The second-order valence-electron chi connectivity index (χ2n) is 4.79. The van der Waals surface area contributed by atoms with E-state index in [2.05, 4.69) is 41.5 Å². The number of unbranched alkanes of at least 4 members (excludes halogenated alkanes) is 1. The molecule has 0 aromatic heterocycles. The van der Waals surface area contributed by atoms with Crippen LogP contribution in [0.3, 0.4) is 0 Å². The molecule has 16 heavy (non-hydrogen) atoms. The standard InChI is InChI=1S/C13H30O2Si/c1-7-10-11-13(6)16(12(4)5,14-8-2)15-9-3/h12-13H,7-11H2,1-6H3. The van der Waals surface area contributed by atoms with Gasteiger partial charge in [-0.3, -0.25) is 0 Å². The molecule has 3 heteroatoms. The first-order valence-corrected chi connectivity index (χ1v) is 8.80. The lowest BCUT2D eigenvalue weighted by Crippen LogP contribution is -2.49. The molecule has 0 aliphatic carbocycles. The molecule has 0 saturated carbocycles. The highest BCUT2D eigenvalue weighted by atomic mass is 28.4. The molecule has 0 heterocycles. The van der Waals surface area contributed by atoms with Crippen LogP contribution in [0.15, 0.2) is 0 Å². The van der Waals surface area contributed by atoms with Gasteiger partial charge in [-0.05, 0) is 25.8 Å². The van der Waals surface area contributed by atoms with Crippen molar-refractivity contribution in [3.8, 4) is 0 Å². The molecule has 0 amide bonds. The van der Waals surface area contributed by atoms with E-state index < -0.39 is 8.56 Å². The number of hydrogen-bond acceptors (Lipinski definition) is 2. The summed E-state index contributed by atoms with van der Waals surface area (Å²) in [5.74, 6) is 0. The second kappa shape index (κ2) is 8.26. The summed E-state index contributed by atoms with van der Waals surface area (Å²) >= 11 is 0. The van der Waals surface area contributed by atoms with Crippen molar-refractivity contribution in [3.63, 3.8) is 0 Å². The Morgan fingerprint density at radius 3 is 1.75 bits per heavy atom. The third kappa shape index (κ3) is 4.19. The summed E-state index contributed by atoms with van der Waals surface area (Å²) in [6.45, 7) is 14.8. The van der Waals surface area contributed by atoms with E-state index in [1.165, 1.54) is 19.3 Å². The average molecular weight is 246 g/mol. The molecule has 0 fully saturated rings. The minimum atomic E-state index is -2.01. The summed E-state index contributed by atoms with van der Waals surface area (Å²) in [5.41, 5.74) is 1.12. The average Bonchev–Trinajstić information content (AvgIpc) is 2.24. The Hall–Kier alpha value is 0.137. The molecule has 1 unspecified atom stereocenters. The Labute approximate surface area is 103 Å². The van der Waals surface area contributed by atoms with Crippen molar-refractivity contribution in [2.45, 2.75) is 71.9 Å². The van der Waals surface area contributed by atoms with E-state index in [4.69, 9.17) is 8.85 Å². The van der Waals surface area contributed by atoms with Gasteiger partial charge >= 0.3 is 8.56 Å². The van der Waals surface area contributed by atoms with Crippen molar-refractivity contribution >= 4 is 8.56 Å². The minimum absolute atomic E-state index is 0.527. The lowest BCUT2D eigenvalue weighted by Gasteiger charge is -2.38.